The highest BCUT2D eigenvalue weighted by molar-refractivity contribution is 6.11. The number of anilines is 3. The van der Waals surface area contributed by atoms with Crippen molar-refractivity contribution in [1.82, 2.24) is 4.57 Å². The van der Waals surface area contributed by atoms with E-state index in [-0.39, 0.29) is 5.41 Å². The highest BCUT2D eigenvalue weighted by Crippen LogP contribution is 2.58. The van der Waals surface area contributed by atoms with Crippen LogP contribution in [0.2, 0.25) is 0 Å². The molecule has 0 saturated heterocycles. The van der Waals surface area contributed by atoms with E-state index in [0.717, 1.165) is 17.1 Å². The number of hydrogen-bond acceptors (Lipinski definition) is 1. The summed E-state index contributed by atoms with van der Waals surface area (Å²) in [5, 5.41) is 5.18. The van der Waals surface area contributed by atoms with Crippen LogP contribution in [0.3, 0.4) is 0 Å². The summed E-state index contributed by atoms with van der Waals surface area (Å²) < 4.78 is 2.41. The summed E-state index contributed by atoms with van der Waals surface area (Å²) in [6, 6.07) is 86.2. The molecule has 68 heavy (non-hydrogen) atoms. The molecule has 326 valence electrons. The minimum absolute atomic E-state index is 0.351. The van der Waals surface area contributed by atoms with Crippen molar-refractivity contribution >= 4 is 49.6 Å². The second-order valence-corrected chi connectivity index (χ2v) is 19.1. The molecule has 0 N–H and O–H groups in total. The Bertz CT molecular complexity index is 3680. The van der Waals surface area contributed by atoms with E-state index in [2.05, 4.69) is 247 Å². The van der Waals surface area contributed by atoms with Gasteiger partial charge in [0, 0.05) is 38.6 Å². The molecule has 0 aliphatic heterocycles. The quantitative estimate of drug-likeness (QED) is 0.148. The normalized spacial score (nSPS) is 15.7. The Hall–Kier alpha value is -7.94. The average molecular weight is 873 g/mol. The lowest BCUT2D eigenvalue weighted by Crippen LogP contribution is -2.22. The molecule has 0 amide bonds. The first kappa shape index (κ1) is 40.3. The average Bonchev–Trinajstić information content (AvgIpc) is 3.89. The van der Waals surface area contributed by atoms with Gasteiger partial charge in [-0.2, -0.15) is 0 Å². The summed E-state index contributed by atoms with van der Waals surface area (Å²) in [4.78, 5) is 2.61. The minimum atomic E-state index is -0.351. The van der Waals surface area contributed by atoms with Gasteiger partial charge >= 0.3 is 0 Å². The second kappa shape index (κ2) is 16.4. The fraction of sp³-hybridized carbons (Fsp3) is 0.121. The molecular formula is C66H52N2. The van der Waals surface area contributed by atoms with E-state index in [1.54, 1.807) is 0 Å². The molecule has 1 unspecified atom stereocenters. The lowest BCUT2D eigenvalue weighted by atomic mass is 9.74. The Morgan fingerprint density at radius 1 is 0.441 bits per heavy atom. The molecule has 2 heteroatoms. The van der Waals surface area contributed by atoms with E-state index in [9.17, 15) is 0 Å². The van der Waals surface area contributed by atoms with Crippen molar-refractivity contribution in [2.45, 2.75) is 50.4 Å². The van der Waals surface area contributed by atoms with Crippen LogP contribution < -0.4 is 4.90 Å². The van der Waals surface area contributed by atoms with Crippen LogP contribution in [0.4, 0.5) is 17.1 Å². The largest absolute Gasteiger partial charge is 0.309 e. The SMILES string of the molecule is CC1(c2ccccc2)c2ccccc2-c2c(N(c3ccccc3-c3ccc4c(c3)c3ccccc3n4-c3ccccc3)c3ccccc3-c3cccc4cccc(C5CCCCC5)c34)cccc21. The Morgan fingerprint density at radius 2 is 1.03 bits per heavy atom. The van der Waals surface area contributed by atoms with Crippen LogP contribution in [0.5, 0.6) is 0 Å². The van der Waals surface area contributed by atoms with Crippen LogP contribution in [0.25, 0.3) is 71.6 Å². The van der Waals surface area contributed by atoms with Crippen LogP contribution in [0.15, 0.2) is 231 Å². The molecule has 1 saturated carbocycles. The summed E-state index contributed by atoms with van der Waals surface area (Å²) in [5.41, 5.74) is 19.6. The van der Waals surface area contributed by atoms with Gasteiger partial charge in [0.05, 0.1) is 28.1 Å². The number of hydrogen-bond donors (Lipinski definition) is 0. The summed E-state index contributed by atoms with van der Waals surface area (Å²) >= 11 is 0. The summed E-state index contributed by atoms with van der Waals surface area (Å²) in [5.74, 6) is 0.560. The van der Waals surface area contributed by atoms with Crippen molar-refractivity contribution < 1.29 is 0 Å². The van der Waals surface area contributed by atoms with E-state index in [1.165, 1.54) is 126 Å². The predicted octanol–water partition coefficient (Wildman–Crippen LogP) is 18.1. The van der Waals surface area contributed by atoms with Crippen molar-refractivity contribution in [1.29, 1.82) is 0 Å². The maximum atomic E-state index is 2.61. The number of para-hydroxylation sites is 4. The van der Waals surface area contributed by atoms with Crippen molar-refractivity contribution in [3.63, 3.8) is 0 Å². The van der Waals surface area contributed by atoms with E-state index >= 15 is 0 Å². The molecule has 0 spiro atoms. The summed E-state index contributed by atoms with van der Waals surface area (Å²) in [6.45, 7) is 2.42. The maximum Gasteiger partial charge on any atom is 0.0543 e. The second-order valence-electron chi connectivity index (χ2n) is 19.1. The Morgan fingerprint density at radius 3 is 1.84 bits per heavy atom. The highest BCUT2D eigenvalue weighted by atomic mass is 15.2. The van der Waals surface area contributed by atoms with Crippen molar-refractivity contribution in [2.75, 3.05) is 4.90 Å². The molecule has 0 radical (unpaired) electrons. The van der Waals surface area contributed by atoms with Crippen molar-refractivity contribution in [3.8, 4) is 39.1 Å². The molecule has 1 atom stereocenters. The first-order valence-corrected chi connectivity index (χ1v) is 24.5. The zero-order valence-corrected chi connectivity index (χ0v) is 38.4. The maximum absolute atomic E-state index is 2.61. The zero-order chi connectivity index (χ0) is 45.2. The topological polar surface area (TPSA) is 8.17 Å². The molecule has 13 rings (SSSR count). The molecule has 11 aromatic rings. The third kappa shape index (κ3) is 6.31. The smallest absolute Gasteiger partial charge is 0.0543 e. The van der Waals surface area contributed by atoms with E-state index < -0.39 is 0 Å². The minimum Gasteiger partial charge on any atom is -0.309 e. The molecule has 10 aromatic carbocycles. The monoisotopic (exact) mass is 872 g/mol. The molecule has 1 fully saturated rings. The van der Waals surface area contributed by atoms with Gasteiger partial charge in [0.25, 0.3) is 0 Å². The van der Waals surface area contributed by atoms with E-state index in [1.807, 2.05) is 0 Å². The van der Waals surface area contributed by atoms with E-state index in [4.69, 9.17) is 0 Å². The fourth-order valence-corrected chi connectivity index (χ4v) is 12.3. The molecule has 0 bridgehead atoms. The third-order valence-electron chi connectivity index (χ3n) is 15.5. The molecule has 2 nitrogen and oxygen atoms in total. The zero-order valence-electron chi connectivity index (χ0n) is 38.4. The van der Waals surface area contributed by atoms with Gasteiger partial charge in [0.1, 0.15) is 0 Å². The van der Waals surface area contributed by atoms with Crippen LogP contribution in [0, 0.1) is 0 Å². The van der Waals surface area contributed by atoms with Gasteiger partial charge < -0.3 is 9.47 Å². The van der Waals surface area contributed by atoms with Crippen LogP contribution in [0.1, 0.15) is 67.2 Å². The van der Waals surface area contributed by atoms with Crippen LogP contribution in [-0.4, -0.2) is 4.57 Å². The summed E-state index contributed by atoms with van der Waals surface area (Å²) in [7, 11) is 0. The molecule has 2 aliphatic rings. The first-order chi connectivity index (χ1) is 33.7. The van der Waals surface area contributed by atoms with Crippen LogP contribution >= 0.6 is 0 Å². The van der Waals surface area contributed by atoms with Crippen LogP contribution in [-0.2, 0) is 5.41 Å². The first-order valence-electron chi connectivity index (χ1n) is 24.5. The number of rotatable bonds is 8. The van der Waals surface area contributed by atoms with Gasteiger partial charge in [0.2, 0.25) is 0 Å². The number of benzene rings is 10. The Balaban J connectivity index is 1.09. The molecule has 2 aliphatic carbocycles. The number of aromatic nitrogens is 1. The highest BCUT2D eigenvalue weighted by Gasteiger charge is 2.42. The van der Waals surface area contributed by atoms with Gasteiger partial charge in [-0.25, -0.2) is 0 Å². The third-order valence-corrected chi connectivity index (χ3v) is 15.5. The van der Waals surface area contributed by atoms with E-state index in [0.29, 0.717) is 5.92 Å². The lowest BCUT2D eigenvalue weighted by Gasteiger charge is -2.33. The van der Waals surface area contributed by atoms with Crippen molar-refractivity contribution in [2.24, 2.45) is 0 Å². The predicted molar refractivity (Wildman–Crippen MR) is 287 cm³/mol. The van der Waals surface area contributed by atoms with Crippen molar-refractivity contribution in [3.05, 3.63) is 253 Å². The Kier molecular flexibility index (Phi) is 9.75. The fourth-order valence-electron chi connectivity index (χ4n) is 12.3. The summed E-state index contributed by atoms with van der Waals surface area (Å²) in [6.07, 6.45) is 6.43. The Labute approximate surface area is 399 Å². The standard InChI is InChI=1S/C66H52N2/c1-66(48-26-7-3-8-27-48)57-36-15-11-33-55(57)65-58(66)37-21-41-63(65)68(61-40-18-13-31-52(61)54-35-20-25-46-24-19-34-51(64(46)54)45-22-5-2-6-23-45)59-38-16-12-30-50(59)47-42-43-62-56(44-47)53-32-14-17-39-60(53)67(62)49-28-9-4-10-29-49/h3-4,7-21,24-45H,2,5-6,22-23H2,1H3. The van der Waals surface area contributed by atoms with Gasteiger partial charge in [0.15, 0.2) is 0 Å². The lowest BCUT2D eigenvalue weighted by molar-refractivity contribution is 0.445. The molecule has 1 aromatic heterocycles. The number of nitrogens with zero attached hydrogens (tertiary/aromatic N) is 2. The number of fused-ring (bicyclic) bond motifs is 7. The van der Waals surface area contributed by atoms with Gasteiger partial charge in [-0.05, 0) is 124 Å². The molecule has 1 heterocycles. The van der Waals surface area contributed by atoms with Gasteiger partial charge in [-0.1, -0.05) is 201 Å². The molecular weight excluding hydrogens is 821 g/mol. The van der Waals surface area contributed by atoms with Gasteiger partial charge in [-0.15, -0.1) is 0 Å². The van der Waals surface area contributed by atoms with Gasteiger partial charge in [-0.3, -0.25) is 0 Å².